The molecule has 0 aliphatic rings. The van der Waals surface area contributed by atoms with Gasteiger partial charge in [0.05, 0.1) is 28.4 Å². The highest BCUT2D eigenvalue weighted by molar-refractivity contribution is 5.97. The number of hydrogen-bond acceptors (Lipinski definition) is 7. The minimum atomic E-state index is -0.444. The lowest BCUT2D eigenvalue weighted by atomic mass is 10.1. The summed E-state index contributed by atoms with van der Waals surface area (Å²) in [6.45, 7) is 2.29. The summed E-state index contributed by atoms with van der Waals surface area (Å²) in [6, 6.07) is 12.9. The number of nitriles is 1. The lowest BCUT2D eigenvalue weighted by Crippen LogP contribution is -2.28. The van der Waals surface area contributed by atoms with E-state index in [0.29, 0.717) is 36.0 Å². The van der Waals surface area contributed by atoms with E-state index in [4.69, 9.17) is 18.9 Å². The predicted octanol–water partition coefficient (Wildman–Crippen LogP) is 3.14. The molecule has 2 aromatic rings. The smallest absolute Gasteiger partial charge is 0.263 e. The first-order valence-electron chi connectivity index (χ1n) is 10.0. The molecule has 1 amide bonds. The molecule has 0 aliphatic carbocycles. The largest absolute Gasteiger partial charge is 0.493 e. The van der Waals surface area contributed by atoms with Crippen LogP contribution in [0.5, 0.6) is 23.0 Å². The van der Waals surface area contributed by atoms with Crippen LogP contribution in [0.2, 0.25) is 0 Å². The van der Waals surface area contributed by atoms with Crippen LogP contribution < -0.4 is 29.6 Å². The lowest BCUT2D eigenvalue weighted by Gasteiger charge is -2.15. The topological polar surface area (TPSA) is 102 Å². The van der Waals surface area contributed by atoms with Gasteiger partial charge >= 0.3 is 0 Å². The molecule has 0 fully saturated rings. The van der Waals surface area contributed by atoms with Gasteiger partial charge in [0.25, 0.3) is 5.91 Å². The molecule has 0 spiro atoms. The first-order valence-corrected chi connectivity index (χ1v) is 10.0. The highest BCUT2D eigenvalue weighted by Crippen LogP contribution is 2.30. The van der Waals surface area contributed by atoms with Crippen molar-refractivity contribution >= 4 is 5.91 Å². The normalized spacial score (nSPS) is 11.7. The number of benzene rings is 2. The molecule has 170 valence electrons. The first kappa shape index (κ1) is 24.4. The second-order valence-corrected chi connectivity index (χ2v) is 6.87. The van der Waals surface area contributed by atoms with Crippen molar-refractivity contribution in [3.63, 3.8) is 0 Å². The lowest BCUT2D eigenvalue weighted by molar-refractivity contribution is -0.117. The molecule has 0 heterocycles. The van der Waals surface area contributed by atoms with Gasteiger partial charge in [-0.3, -0.25) is 4.79 Å². The third kappa shape index (κ3) is 6.32. The Kier molecular flexibility index (Phi) is 9.23. The number of amides is 1. The van der Waals surface area contributed by atoms with Gasteiger partial charge in [0.1, 0.15) is 11.6 Å². The minimum absolute atomic E-state index is 0.00959. The van der Waals surface area contributed by atoms with Gasteiger partial charge in [-0.15, -0.1) is 0 Å². The van der Waals surface area contributed by atoms with Crippen LogP contribution in [-0.2, 0) is 11.2 Å². The van der Waals surface area contributed by atoms with E-state index in [0.717, 1.165) is 11.1 Å². The molecular weight excluding hydrogens is 410 g/mol. The van der Waals surface area contributed by atoms with Crippen molar-refractivity contribution in [1.82, 2.24) is 10.6 Å². The third-order valence-electron chi connectivity index (χ3n) is 4.90. The molecule has 0 saturated carbocycles. The maximum absolute atomic E-state index is 12.4. The Morgan fingerprint density at radius 2 is 1.56 bits per heavy atom. The quantitative estimate of drug-likeness (QED) is 0.410. The zero-order valence-electron chi connectivity index (χ0n) is 19.0. The monoisotopic (exact) mass is 439 g/mol. The van der Waals surface area contributed by atoms with E-state index in [2.05, 4.69) is 10.6 Å². The van der Waals surface area contributed by atoms with Gasteiger partial charge in [-0.1, -0.05) is 12.1 Å². The SMILES string of the molecule is COc1ccc(CCNC(=O)/C(C#N)=C\NC(C)c2ccc(OC)c(OC)c2)cc1OC. The molecule has 2 N–H and O–H groups in total. The van der Waals surface area contributed by atoms with E-state index < -0.39 is 5.91 Å². The molecule has 0 bridgehead atoms. The zero-order chi connectivity index (χ0) is 23.5. The molecule has 8 nitrogen and oxygen atoms in total. The Balaban J connectivity index is 1.95. The predicted molar refractivity (Wildman–Crippen MR) is 121 cm³/mol. The molecular formula is C24H29N3O5. The molecule has 32 heavy (non-hydrogen) atoms. The number of carbonyl (C=O) groups excluding carboxylic acids is 1. The van der Waals surface area contributed by atoms with Crippen molar-refractivity contribution in [2.75, 3.05) is 35.0 Å². The Hall–Kier alpha value is -3.86. The highest BCUT2D eigenvalue weighted by atomic mass is 16.5. The summed E-state index contributed by atoms with van der Waals surface area (Å²) in [7, 11) is 6.29. The van der Waals surface area contributed by atoms with Crippen molar-refractivity contribution in [2.24, 2.45) is 0 Å². The molecule has 0 saturated heterocycles. The van der Waals surface area contributed by atoms with Gasteiger partial charge in [0.15, 0.2) is 23.0 Å². The van der Waals surface area contributed by atoms with Gasteiger partial charge < -0.3 is 29.6 Å². The maximum atomic E-state index is 12.4. The van der Waals surface area contributed by atoms with Gasteiger partial charge in [-0.25, -0.2) is 0 Å². The van der Waals surface area contributed by atoms with Crippen molar-refractivity contribution in [1.29, 1.82) is 5.26 Å². The van der Waals surface area contributed by atoms with E-state index >= 15 is 0 Å². The summed E-state index contributed by atoms with van der Waals surface area (Å²) >= 11 is 0. The van der Waals surface area contributed by atoms with Crippen LogP contribution in [-0.4, -0.2) is 40.9 Å². The number of carbonyl (C=O) groups is 1. The van der Waals surface area contributed by atoms with Crippen molar-refractivity contribution in [3.05, 3.63) is 59.3 Å². The average Bonchev–Trinajstić information content (AvgIpc) is 2.83. The number of ether oxygens (including phenoxy) is 4. The molecule has 0 aromatic heterocycles. The van der Waals surface area contributed by atoms with Crippen LogP contribution in [0.15, 0.2) is 48.2 Å². The standard InChI is InChI=1S/C24H29N3O5/c1-16(18-7-9-21(30-3)23(13-18)32-5)27-15-19(14-25)24(28)26-11-10-17-6-8-20(29-2)22(12-17)31-4/h6-9,12-13,15-16,27H,10-11H2,1-5H3,(H,26,28)/b19-15-. The van der Waals surface area contributed by atoms with E-state index in [-0.39, 0.29) is 11.6 Å². The minimum Gasteiger partial charge on any atom is -0.493 e. The van der Waals surface area contributed by atoms with Crippen molar-refractivity contribution < 1.29 is 23.7 Å². The van der Waals surface area contributed by atoms with Crippen LogP contribution in [0.1, 0.15) is 24.1 Å². The van der Waals surface area contributed by atoms with Crippen molar-refractivity contribution in [2.45, 2.75) is 19.4 Å². The number of hydrogen-bond donors (Lipinski definition) is 2. The van der Waals surface area contributed by atoms with Crippen LogP contribution in [0.3, 0.4) is 0 Å². The van der Waals surface area contributed by atoms with Crippen LogP contribution >= 0.6 is 0 Å². The number of nitrogens with one attached hydrogen (secondary N) is 2. The van der Waals surface area contributed by atoms with Crippen LogP contribution in [0.25, 0.3) is 0 Å². The van der Waals surface area contributed by atoms with Crippen LogP contribution in [0.4, 0.5) is 0 Å². The van der Waals surface area contributed by atoms with E-state index in [1.54, 1.807) is 28.4 Å². The van der Waals surface area contributed by atoms with Gasteiger partial charge in [0, 0.05) is 18.8 Å². The molecule has 8 heteroatoms. The van der Waals surface area contributed by atoms with E-state index in [1.807, 2.05) is 49.4 Å². The Morgan fingerprint density at radius 1 is 0.969 bits per heavy atom. The Morgan fingerprint density at radius 3 is 2.16 bits per heavy atom. The molecule has 0 radical (unpaired) electrons. The summed E-state index contributed by atoms with van der Waals surface area (Å²) < 4.78 is 21.1. The van der Waals surface area contributed by atoms with Gasteiger partial charge in [-0.2, -0.15) is 5.26 Å². The van der Waals surface area contributed by atoms with Crippen molar-refractivity contribution in [3.8, 4) is 29.1 Å². The highest BCUT2D eigenvalue weighted by Gasteiger charge is 2.12. The second-order valence-electron chi connectivity index (χ2n) is 6.87. The zero-order valence-corrected chi connectivity index (χ0v) is 19.0. The fourth-order valence-electron chi connectivity index (χ4n) is 3.03. The summed E-state index contributed by atoms with van der Waals surface area (Å²) in [4.78, 5) is 12.4. The molecule has 2 aromatic carbocycles. The van der Waals surface area contributed by atoms with Gasteiger partial charge in [0.2, 0.25) is 0 Å². The van der Waals surface area contributed by atoms with Gasteiger partial charge in [-0.05, 0) is 48.7 Å². The Bertz CT molecular complexity index is 998. The fourth-order valence-corrected chi connectivity index (χ4v) is 3.03. The third-order valence-corrected chi connectivity index (χ3v) is 4.90. The summed E-state index contributed by atoms with van der Waals surface area (Å²) in [6.07, 6.45) is 2.01. The number of methoxy groups -OCH3 is 4. The number of nitrogens with zero attached hydrogens (tertiary/aromatic N) is 1. The van der Waals surface area contributed by atoms with Crippen LogP contribution in [0, 0.1) is 11.3 Å². The average molecular weight is 440 g/mol. The summed E-state index contributed by atoms with van der Waals surface area (Å²) in [5.41, 5.74) is 1.89. The van der Waals surface area contributed by atoms with E-state index in [1.165, 1.54) is 6.20 Å². The fraction of sp³-hybridized carbons (Fsp3) is 0.333. The maximum Gasteiger partial charge on any atom is 0.263 e. The molecule has 1 unspecified atom stereocenters. The number of rotatable bonds is 11. The van der Waals surface area contributed by atoms with E-state index in [9.17, 15) is 10.1 Å². The Labute approximate surface area is 188 Å². The summed E-state index contributed by atoms with van der Waals surface area (Å²) in [5, 5.41) is 15.2. The molecule has 1 atom stereocenters. The summed E-state index contributed by atoms with van der Waals surface area (Å²) in [5.74, 6) is 2.06. The molecule has 0 aliphatic heterocycles. The second kappa shape index (κ2) is 12.1. The first-order chi connectivity index (χ1) is 15.5. The molecule has 2 rings (SSSR count).